The lowest BCUT2D eigenvalue weighted by Gasteiger charge is -2.13. The van der Waals surface area contributed by atoms with E-state index < -0.39 is 12.6 Å². The summed E-state index contributed by atoms with van der Waals surface area (Å²) in [6.07, 6.45) is 2.87. The van der Waals surface area contributed by atoms with Crippen LogP contribution in [0.2, 0.25) is 0 Å². The molecule has 4 nitrogen and oxygen atoms in total. The van der Waals surface area contributed by atoms with Gasteiger partial charge >= 0.3 is 5.97 Å². The Kier molecular flexibility index (Phi) is 4.42. The molecule has 23 heavy (non-hydrogen) atoms. The lowest BCUT2D eigenvalue weighted by molar-refractivity contribution is -0.139. The van der Waals surface area contributed by atoms with E-state index in [1.54, 1.807) is 6.07 Å². The normalized spacial score (nSPS) is 13.0. The standard InChI is InChI=1S/C19H18O4/c20-17-9-8-14-10-15(7-6-13-4-2-1-3-5-13)18(11-16(14)17)23-12-19(21)22/h1-5,10-11H,6-9,12H2,(H,21,22). The van der Waals surface area contributed by atoms with Crippen molar-refractivity contribution in [2.45, 2.75) is 25.7 Å². The van der Waals surface area contributed by atoms with Gasteiger partial charge in [0.1, 0.15) is 5.75 Å². The molecule has 3 rings (SSSR count). The summed E-state index contributed by atoms with van der Waals surface area (Å²) in [4.78, 5) is 22.6. The van der Waals surface area contributed by atoms with Gasteiger partial charge in [-0.05, 0) is 42.0 Å². The molecule has 0 heterocycles. The molecule has 0 bridgehead atoms. The van der Waals surface area contributed by atoms with Gasteiger partial charge in [-0.3, -0.25) is 4.79 Å². The molecule has 0 saturated carbocycles. The monoisotopic (exact) mass is 310 g/mol. The Morgan fingerprint density at radius 3 is 2.61 bits per heavy atom. The van der Waals surface area contributed by atoms with Gasteiger partial charge in [0.05, 0.1) is 0 Å². The Morgan fingerprint density at radius 2 is 1.87 bits per heavy atom. The number of aliphatic carboxylic acids is 1. The fraction of sp³-hybridized carbons (Fsp3) is 0.263. The molecular weight excluding hydrogens is 292 g/mol. The Bertz CT molecular complexity index is 735. The number of fused-ring (bicyclic) bond motifs is 1. The molecule has 0 aromatic heterocycles. The van der Waals surface area contributed by atoms with E-state index >= 15 is 0 Å². The smallest absolute Gasteiger partial charge is 0.341 e. The second-order valence-corrected chi connectivity index (χ2v) is 5.71. The fourth-order valence-corrected chi connectivity index (χ4v) is 2.92. The van der Waals surface area contributed by atoms with E-state index in [2.05, 4.69) is 12.1 Å². The quantitative estimate of drug-likeness (QED) is 0.890. The van der Waals surface area contributed by atoms with Crippen molar-refractivity contribution in [1.29, 1.82) is 0 Å². The molecule has 1 N–H and O–H groups in total. The zero-order chi connectivity index (χ0) is 16.2. The highest BCUT2D eigenvalue weighted by Crippen LogP contribution is 2.31. The van der Waals surface area contributed by atoms with Gasteiger partial charge in [-0.25, -0.2) is 4.79 Å². The van der Waals surface area contributed by atoms with Crippen LogP contribution in [-0.2, 0) is 24.1 Å². The van der Waals surface area contributed by atoms with Gasteiger partial charge < -0.3 is 9.84 Å². The molecule has 0 aliphatic heterocycles. The average Bonchev–Trinajstić information content (AvgIpc) is 2.92. The van der Waals surface area contributed by atoms with Gasteiger partial charge in [0, 0.05) is 12.0 Å². The third-order valence-electron chi connectivity index (χ3n) is 4.09. The molecule has 4 heteroatoms. The minimum absolute atomic E-state index is 0.106. The van der Waals surface area contributed by atoms with Crippen molar-refractivity contribution in [2.75, 3.05) is 6.61 Å². The molecular formula is C19H18O4. The topological polar surface area (TPSA) is 63.6 Å². The number of hydrogen-bond donors (Lipinski definition) is 1. The van der Waals surface area contributed by atoms with Crippen LogP contribution in [0, 0.1) is 0 Å². The zero-order valence-corrected chi connectivity index (χ0v) is 12.7. The molecule has 0 atom stereocenters. The van der Waals surface area contributed by atoms with Gasteiger partial charge in [-0.2, -0.15) is 0 Å². The number of carbonyl (C=O) groups is 2. The molecule has 2 aromatic rings. The van der Waals surface area contributed by atoms with Crippen LogP contribution in [0.25, 0.3) is 0 Å². The number of carboxylic acids is 1. The SMILES string of the molecule is O=C(O)COc1cc2c(cc1CCc1ccccc1)CCC2=O. The van der Waals surface area contributed by atoms with Crippen LogP contribution in [0.1, 0.15) is 33.5 Å². The Hall–Kier alpha value is -2.62. The van der Waals surface area contributed by atoms with Crippen molar-refractivity contribution < 1.29 is 19.4 Å². The van der Waals surface area contributed by atoms with Gasteiger partial charge in [-0.1, -0.05) is 36.4 Å². The third kappa shape index (κ3) is 3.59. The van der Waals surface area contributed by atoms with E-state index in [-0.39, 0.29) is 5.78 Å². The van der Waals surface area contributed by atoms with Gasteiger partial charge in [-0.15, -0.1) is 0 Å². The van der Waals surface area contributed by atoms with Crippen LogP contribution in [-0.4, -0.2) is 23.5 Å². The maximum absolute atomic E-state index is 11.9. The van der Waals surface area contributed by atoms with E-state index in [9.17, 15) is 9.59 Å². The first kappa shape index (κ1) is 15.3. The van der Waals surface area contributed by atoms with Crippen molar-refractivity contribution in [1.82, 2.24) is 0 Å². The van der Waals surface area contributed by atoms with Crippen molar-refractivity contribution in [2.24, 2.45) is 0 Å². The van der Waals surface area contributed by atoms with Crippen LogP contribution in [0.4, 0.5) is 0 Å². The minimum atomic E-state index is -1.02. The van der Waals surface area contributed by atoms with E-state index in [1.165, 1.54) is 5.56 Å². The lowest BCUT2D eigenvalue weighted by atomic mass is 9.99. The molecule has 0 radical (unpaired) electrons. The Labute approximate surface area is 134 Å². The average molecular weight is 310 g/mol. The van der Waals surface area contributed by atoms with Gasteiger partial charge in [0.25, 0.3) is 0 Å². The Balaban J connectivity index is 1.84. The van der Waals surface area contributed by atoms with Crippen LogP contribution in [0.5, 0.6) is 5.75 Å². The van der Waals surface area contributed by atoms with Gasteiger partial charge in [0.15, 0.2) is 12.4 Å². The summed E-state index contributed by atoms with van der Waals surface area (Å²) in [7, 11) is 0. The molecule has 1 aliphatic rings. The number of ether oxygens (including phenoxy) is 1. The second-order valence-electron chi connectivity index (χ2n) is 5.71. The summed E-state index contributed by atoms with van der Waals surface area (Å²) in [6, 6.07) is 13.8. The highest BCUT2D eigenvalue weighted by molar-refractivity contribution is 6.00. The zero-order valence-electron chi connectivity index (χ0n) is 12.7. The molecule has 0 fully saturated rings. The predicted molar refractivity (Wildman–Crippen MR) is 86.1 cm³/mol. The molecule has 0 spiro atoms. The van der Waals surface area contributed by atoms with Crippen molar-refractivity contribution in [3.05, 3.63) is 64.7 Å². The van der Waals surface area contributed by atoms with Crippen LogP contribution in [0.15, 0.2) is 42.5 Å². The second kappa shape index (κ2) is 6.65. The summed E-state index contributed by atoms with van der Waals surface area (Å²) < 4.78 is 5.41. The van der Waals surface area contributed by atoms with Crippen molar-refractivity contribution in [3.8, 4) is 5.75 Å². The molecule has 0 saturated heterocycles. The highest BCUT2D eigenvalue weighted by Gasteiger charge is 2.22. The number of benzene rings is 2. The van der Waals surface area contributed by atoms with Crippen LogP contribution < -0.4 is 4.74 Å². The number of Topliss-reactive ketones (excluding diaryl/α,β-unsaturated/α-hetero) is 1. The number of carbonyl (C=O) groups excluding carboxylic acids is 1. The number of rotatable bonds is 6. The number of hydrogen-bond acceptors (Lipinski definition) is 3. The molecule has 0 amide bonds. The van der Waals surface area contributed by atoms with E-state index in [0.717, 1.165) is 30.4 Å². The summed E-state index contributed by atoms with van der Waals surface area (Å²) in [6.45, 7) is -0.398. The van der Waals surface area contributed by atoms with Gasteiger partial charge in [0.2, 0.25) is 0 Å². The number of aryl methyl sites for hydroxylation is 3. The van der Waals surface area contributed by atoms with E-state index in [1.807, 2.05) is 24.3 Å². The first-order chi connectivity index (χ1) is 11.1. The number of carboxylic acid groups (broad SMARTS) is 1. The van der Waals surface area contributed by atoms with Crippen molar-refractivity contribution >= 4 is 11.8 Å². The molecule has 2 aromatic carbocycles. The first-order valence-corrected chi connectivity index (χ1v) is 7.71. The van der Waals surface area contributed by atoms with E-state index in [0.29, 0.717) is 17.7 Å². The lowest BCUT2D eigenvalue weighted by Crippen LogP contribution is -2.11. The summed E-state index contributed by atoms with van der Waals surface area (Å²) in [5.41, 5.74) is 3.89. The van der Waals surface area contributed by atoms with Crippen molar-refractivity contribution in [3.63, 3.8) is 0 Å². The summed E-state index contributed by atoms with van der Waals surface area (Å²) in [5.74, 6) is -0.405. The highest BCUT2D eigenvalue weighted by atomic mass is 16.5. The number of ketones is 1. The molecule has 118 valence electrons. The predicted octanol–water partition coefficient (Wildman–Crippen LogP) is 3.06. The summed E-state index contributed by atoms with van der Waals surface area (Å²) >= 11 is 0. The van der Waals surface area contributed by atoms with Crippen LogP contribution >= 0.6 is 0 Å². The third-order valence-corrected chi connectivity index (χ3v) is 4.09. The van der Waals surface area contributed by atoms with Crippen LogP contribution in [0.3, 0.4) is 0 Å². The molecule has 1 aliphatic carbocycles. The maximum Gasteiger partial charge on any atom is 0.341 e. The minimum Gasteiger partial charge on any atom is -0.482 e. The fourth-order valence-electron chi connectivity index (χ4n) is 2.92. The summed E-state index contributed by atoms with van der Waals surface area (Å²) in [5, 5.41) is 8.83. The Morgan fingerprint density at radius 1 is 1.09 bits per heavy atom. The first-order valence-electron chi connectivity index (χ1n) is 7.71. The largest absolute Gasteiger partial charge is 0.482 e. The maximum atomic E-state index is 11.9. The van der Waals surface area contributed by atoms with E-state index in [4.69, 9.17) is 9.84 Å². The molecule has 0 unspecified atom stereocenters.